The molecule has 0 aliphatic rings. The van der Waals surface area contributed by atoms with Gasteiger partial charge in [0, 0.05) is 12.4 Å². The van der Waals surface area contributed by atoms with E-state index in [2.05, 4.69) is 31.4 Å². The van der Waals surface area contributed by atoms with Gasteiger partial charge in [0.15, 0.2) is 0 Å². The van der Waals surface area contributed by atoms with E-state index in [9.17, 15) is 4.79 Å². The van der Waals surface area contributed by atoms with Crippen LogP contribution in [0.15, 0.2) is 59.5 Å². The number of carbonyl (C=O) groups is 1. The molecule has 7 heteroatoms. The second kappa shape index (κ2) is 7.44. The first-order valence-corrected chi connectivity index (χ1v) is 8.52. The van der Waals surface area contributed by atoms with E-state index in [0.29, 0.717) is 12.4 Å². The van der Waals surface area contributed by atoms with Crippen LogP contribution in [0.2, 0.25) is 0 Å². The van der Waals surface area contributed by atoms with Crippen molar-refractivity contribution in [2.24, 2.45) is 0 Å². The fraction of sp³-hybridized carbons (Fsp3) is 0.235. The fourth-order valence-corrected chi connectivity index (χ4v) is 2.79. The third-order valence-electron chi connectivity index (χ3n) is 3.68. The van der Waals surface area contributed by atoms with Gasteiger partial charge in [-0.05, 0) is 34.0 Å². The number of hydrogen-bond donors (Lipinski definition) is 1. The number of carbonyl (C=O) groups excluding carboxylic acids is 1. The fourth-order valence-electron chi connectivity index (χ4n) is 2.46. The first kappa shape index (κ1) is 16.4. The standard InChI is InChI=1S/C17H18BrN5O/c1-2-15(13-6-4-3-5-7-13)20-17(24)16-8-9-22(21-16)12-23-11-14(18)10-19-23/h3-11,15H,2,12H2,1H3,(H,20,24). The van der Waals surface area contributed by atoms with Crippen LogP contribution in [0.3, 0.4) is 0 Å². The lowest BCUT2D eigenvalue weighted by Crippen LogP contribution is -2.28. The van der Waals surface area contributed by atoms with Gasteiger partial charge in [-0.3, -0.25) is 9.48 Å². The maximum atomic E-state index is 12.4. The van der Waals surface area contributed by atoms with Gasteiger partial charge in [0.25, 0.3) is 5.91 Å². The van der Waals surface area contributed by atoms with Gasteiger partial charge < -0.3 is 5.32 Å². The van der Waals surface area contributed by atoms with Crippen molar-refractivity contribution in [1.82, 2.24) is 24.9 Å². The van der Waals surface area contributed by atoms with Crippen molar-refractivity contribution in [3.8, 4) is 0 Å². The normalized spacial score (nSPS) is 12.1. The molecule has 0 saturated heterocycles. The smallest absolute Gasteiger partial charge is 0.272 e. The van der Waals surface area contributed by atoms with Crippen LogP contribution in [0.5, 0.6) is 0 Å². The molecule has 3 aromatic rings. The summed E-state index contributed by atoms with van der Waals surface area (Å²) >= 11 is 3.35. The number of nitrogens with zero attached hydrogens (tertiary/aromatic N) is 4. The van der Waals surface area contributed by atoms with Crippen LogP contribution in [0.4, 0.5) is 0 Å². The Hall–Kier alpha value is -2.41. The summed E-state index contributed by atoms with van der Waals surface area (Å²) in [6.45, 7) is 2.50. The molecule has 2 heterocycles. The molecule has 0 fully saturated rings. The van der Waals surface area contributed by atoms with Crippen LogP contribution in [-0.4, -0.2) is 25.5 Å². The number of halogens is 1. The lowest BCUT2D eigenvalue weighted by molar-refractivity contribution is 0.0929. The third kappa shape index (κ3) is 3.91. The highest BCUT2D eigenvalue weighted by molar-refractivity contribution is 9.10. The van der Waals surface area contributed by atoms with E-state index in [0.717, 1.165) is 16.5 Å². The minimum atomic E-state index is -0.175. The monoisotopic (exact) mass is 387 g/mol. The van der Waals surface area contributed by atoms with Gasteiger partial charge in [0.2, 0.25) is 0 Å². The van der Waals surface area contributed by atoms with Crippen LogP contribution in [0.25, 0.3) is 0 Å². The van der Waals surface area contributed by atoms with Crippen molar-refractivity contribution < 1.29 is 4.79 Å². The lowest BCUT2D eigenvalue weighted by atomic mass is 10.0. The van der Waals surface area contributed by atoms with Gasteiger partial charge in [0.1, 0.15) is 12.4 Å². The third-order valence-corrected chi connectivity index (χ3v) is 4.09. The quantitative estimate of drug-likeness (QED) is 0.705. The van der Waals surface area contributed by atoms with Crippen LogP contribution in [-0.2, 0) is 6.67 Å². The largest absolute Gasteiger partial charge is 0.344 e. The van der Waals surface area contributed by atoms with Crippen LogP contribution in [0.1, 0.15) is 35.4 Å². The first-order valence-electron chi connectivity index (χ1n) is 7.73. The van der Waals surface area contributed by atoms with E-state index >= 15 is 0 Å². The van der Waals surface area contributed by atoms with Crippen LogP contribution in [0, 0.1) is 0 Å². The Morgan fingerprint density at radius 1 is 1.25 bits per heavy atom. The first-order chi connectivity index (χ1) is 11.7. The van der Waals surface area contributed by atoms with Gasteiger partial charge in [-0.2, -0.15) is 10.2 Å². The summed E-state index contributed by atoms with van der Waals surface area (Å²) in [5.41, 5.74) is 1.49. The highest BCUT2D eigenvalue weighted by Gasteiger charge is 2.16. The summed E-state index contributed by atoms with van der Waals surface area (Å²) in [7, 11) is 0. The molecule has 0 aliphatic carbocycles. The Kier molecular flexibility index (Phi) is 5.10. The second-order valence-corrected chi connectivity index (χ2v) is 6.34. The zero-order valence-electron chi connectivity index (χ0n) is 13.3. The van der Waals surface area contributed by atoms with E-state index in [1.807, 2.05) is 43.5 Å². The number of amides is 1. The molecule has 1 aromatic carbocycles. The minimum Gasteiger partial charge on any atom is -0.344 e. The molecule has 3 rings (SSSR count). The zero-order valence-corrected chi connectivity index (χ0v) is 14.8. The van der Waals surface area contributed by atoms with Crippen LogP contribution >= 0.6 is 15.9 Å². The summed E-state index contributed by atoms with van der Waals surface area (Å²) in [6, 6.07) is 11.6. The summed E-state index contributed by atoms with van der Waals surface area (Å²) in [5, 5.41) is 11.5. The van der Waals surface area contributed by atoms with Gasteiger partial charge in [-0.15, -0.1) is 0 Å². The predicted octanol–water partition coefficient (Wildman–Crippen LogP) is 3.23. The summed E-state index contributed by atoms with van der Waals surface area (Å²) < 4.78 is 4.32. The molecule has 0 aliphatic heterocycles. The number of benzene rings is 1. The SMILES string of the molecule is CCC(NC(=O)c1ccn(Cn2cc(Br)cn2)n1)c1ccccc1. The number of nitrogens with one attached hydrogen (secondary N) is 1. The number of hydrogen-bond acceptors (Lipinski definition) is 3. The van der Waals surface area contributed by atoms with Gasteiger partial charge >= 0.3 is 0 Å². The molecule has 0 bridgehead atoms. The highest BCUT2D eigenvalue weighted by Crippen LogP contribution is 2.16. The Morgan fingerprint density at radius 3 is 2.71 bits per heavy atom. The molecule has 6 nitrogen and oxygen atoms in total. The average molecular weight is 388 g/mol. The van der Waals surface area contributed by atoms with E-state index in [-0.39, 0.29) is 11.9 Å². The maximum Gasteiger partial charge on any atom is 0.272 e. The van der Waals surface area contributed by atoms with Gasteiger partial charge in [-0.25, -0.2) is 4.68 Å². The summed E-state index contributed by atoms with van der Waals surface area (Å²) in [5.74, 6) is -0.175. The molecule has 0 spiro atoms. The van der Waals surface area contributed by atoms with E-state index in [1.54, 1.807) is 27.8 Å². The Labute approximate surface area is 148 Å². The van der Waals surface area contributed by atoms with Crippen molar-refractivity contribution in [2.45, 2.75) is 26.1 Å². The average Bonchev–Trinajstić information content (AvgIpc) is 3.23. The lowest BCUT2D eigenvalue weighted by Gasteiger charge is -2.16. The van der Waals surface area contributed by atoms with Gasteiger partial charge in [0.05, 0.1) is 16.7 Å². The van der Waals surface area contributed by atoms with Gasteiger partial charge in [-0.1, -0.05) is 37.3 Å². The molecule has 0 radical (unpaired) electrons. The van der Waals surface area contributed by atoms with Crippen molar-refractivity contribution in [1.29, 1.82) is 0 Å². The van der Waals surface area contributed by atoms with E-state index < -0.39 is 0 Å². The molecule has 124 valence electrons. The number of aromatic nitrogens is 4. The van der Waals surface area contributed by atoms with Crippen molar-refractivity contribution in [2.75, 3.05) is 0 Å². The zero-order chi connectivity index (χ0) is 16.9. The van der Waals surface area contributed by atoms with Crippen molar-refractivity contribution in [3.63, 3.8) is 0 Å². The number of rotatable bonds is 6. The van der Waals surface area contributed by atoms with Crippen LogP contribution < -0.4 is 5.32 Å². The predicted molar refractivity (Wildman–Crippen MR) is 94.5 cm³/mol. The van der Waals surface area contributed by atoms with E-state index in [1.165, 1.54) is 0 Å². The summed E-state index contributed by atoms with van der Waals surface area (Å²) in [4.78, 5) is 12.4. The molecular formula is C17H18BrN5O. The Balaban J connectivity index is 1.67. The molecule has 1 atom stereocenters. The summed E-state index contributed by atoms with van der Waals surface area (Å²) in [6.07, 6.45) is 6.15. The van der Waals surface area contributed by atoms with Crippen molar-refractivity contribution in [3.05, 3.63) is 70.7 Å². The Morgan fingerprint density at radius 2 is 2.04 bits per heavy atom. The Bertz CT molecular complexity index is 811. The second-order valence-electron chi connectivity index (χ2n) is 5.42. The topological polar surface area (TPSA) is 64.7 Å². The molecule has 1 unspecified atom stereocenters. The molecule has 1 N–H and O–H groups in total. The van der Waals surface area contributed by atoms with Crippen molar-refractivity contribution >= 4 is 21.8 Å². The maximum absolute atomic E-state index is 12.4. The highest BCUT2D eigenvalue weighted by atomic mass is 79.9. The molecule has 0 saturated carbocycles. The molecular weight excluding hydrogens is 370 g/mol. The molecule has 24 heavy (non-hydrogen) atoms. The molecule has 2 aromatic heterocycles. The minimum absolute atomic E-state index is 0.0223. The van der Waals surface area contributed by atoms with E-state index in [4.69, 9.17) is 0 Å². The molecule has 1 amide bonds.